The SMILES string of the molecule is CC1(C)OCc2cc([C@@H]3CN(CCCCCCOCCCCc4cccc(C(CCCS(N)(=O)=O)NS(=O)(=O)CCCCc5cccc(CCCCOCCCCCCNC[C@@H](O)c6ccc(O)c(CO)c6)c5)c4)C(=O)O3)ccc2O1. The standard InChI is InChI=1S/C62H92N4O13S2/c1-62(2)77-47-55-43-53(29-31-59(55)79-62)60-45-66(61(70)78-60)33-11-4-6-13-35-76-37-15-8-21-50-25-18-26-51(41-50)56(27-19-38-80(63,71)72)65-81(73,74)39-16-9-22-49-24-17-23-48(40-49)20-7-14-36-75-34-12-5-3-10-32-64-44-58(69)52-28-30-57(68)54(42-52)46-67/h17-18,23-26,28-31,40-43,56,58,60,64-65,67-69H,3-16,19-22,27,32-39,44-47H2,1-2H3,(H2,63,71,72)/t56?,58-,60+/m1/s1. The highest BCUT2D eigenvalue weighted by Gasteiger charge is 2.34. The van der Waals surface area contributed by atoms with Gasteiger partial charge in [0, 0.05) is 70.5 Å². The average Bonchev–Trinajstić information content (AvgIpc) is 3.83. The van der Waals surface area contributed by atoms with E-state index in [9.17, 15) is 36.9 Å². The van der Waals surface area contributed by atoms with Gasteiger partial charge in [-0.1, -0.05) is 86.3 Å². The lowest BCUT2D eigenvalue weighted by Gasteiger charge is -2.32. The molecular weight excluding hydrogens is 1070 g/mol. The van der Waals surface area contributed by atoms with Crippen LogP contribution in [0.5, 0.6) is 11.5 Å². The molecule has 17 nitrogen and oxygen atoms in total. The molecule has 2 aliphatic heterocycles. The summed E-state index contributed by atoms with van der Waals surface area (Å²) >= 11 is 0. The summed E-state index contributed by atoms with van der Waals surface area (Å²) in [5.41, 5.74) is 7.29. The van der Waals surface area contributed by atoms with Crippen LogP contribution in [0, 0.1) is 0 Å². The van der Waals surface area contributed by atoms with Gasteiger partial charge in [-0.3, -0.25) is 0 Å². The molecule has 4 aromatic rings. The topological polar surface area (TPSA) is 246 Å². The minimum atomic E-state index is -3.70. The fourth-order valence-corrected chi connectivity index (χ4v) is 12.2. The quantitative estimate of drug-likeness (QED) is 0.0227. The summed E-state index contributed by atoms with van der Waals surface area (Å²) in [6.45, 7) is 9.13. The number of amides is 1. The van der Waals surface area contributed by atoms with Crippen molar-refractivity contribution in [3.05, 3.63) is 129 Å². The van der Waals surface area contributed by atoms with Gasteiger partial charge < -0.3 is 49.2 Å². The number of sulfonamides is 2. The third-order valence-electron chi connectivity index (χ3n) is 14.9. The average molecular weight is 1170 g/mol. The smallest absolute Gasteiger partial charge is 0.410 e. The van der Waals surface area contributed by atoms with Crippen LogP contribution in [-0.4, -0.2) is 113 Å². The van der Waals surface area contributed by atoms with Gasteiger partial charge >= 0.3 is 6.09 Å². The number of fused-ring (bicyclic) bond motifs is 1. The zero-order valence-corrected chi connectivity index (χ0v) is 49.6. The van der Waals surface area contributed by atoms with Crippen LogP contribution in [0.2, 0.25) is 0 Å². The molecule has 1 amide bonds. The van der Waals surface area contributed by atoms with Gasteiger partial charge in [-0.05, 0) is 161 Å². The van der Waals surface area contributed by atoms with Crippen LogP contribution in [0.25, 0.3) is 0 Å². The van der Waals surface area contributed by atoms with E-state index in [2.05, 4.69) is 34.3 Å². The fourth-order valence-electron chi connectivity index (χ4n) is 10.2. The lowest BCUT2D eigenvalue weighted by Crippen LogP contribution is -2.35. The second-order valence-electron chi connectivity index (χ2n) is 22.2. The fraction of sp³-hybridized carbons (Fsp3) is 0.597. The monoisotopic (exact) mass is 1160 g/mol. The minimum Gasteiger partial charge on any atom is -0.508 e. The summed E-state index contributed by atoms with van der Waals surface area (Å²) in [5, 5.41) is 38.1. The summed E-state index contributed by atoms with van der Waals surface area (Å²) < 4.78 is 82.8. The van der Waals surface area contributed by atoms with E-state index < -0.39 is 38.0 Å². The number of primary sulfonamides is 1. The first-order valence-electron chi connectivity index (χ1n) is 29.5. The first-order valence-corrected chi connectivity index (χ1v) is 32.9. The van der Waals surface area contributed by atoms with E-state index >= 15 is 0 Å². The highest BCUT2D eigenvalue weighted by molar-refractivity contribution is 7.89. The van der Waals surface area contributed by atoms with Crippen LogP contribution < -0.4 is 19.9 Å². The number of aromatic hydroxyl groups is 1. The van der Waals surface area contributed by atoms with Crippen molar-refractivity contribution in [2.45, 2.75) is 173 Å². The molecule has 0 saturated carbocycles. The maximum Gasteiger partial charge on any atom is 0.410 e. The molecule has 2 heterocycles. The van der Waals surface area contributed by atoms with Gasteiger partial charge in [0.15, 0.2) is 0 Å². The number of hydrogen-bond acceptors (Lipinski definition) is 14. The normalized spacial score (nSPS) is 16.0. The van der Waals surface area contributed by atoms with Gasteiger partial charge in [-0.25, -0.2) is 31.5 Å². The highest BCUT2D eigenvalue weighted by Crippen LogP contribution is 2.35. The largest absolute Gasteiger partial charge is 0.508 e. The zero-order valence-electron chi connectivity index (χ0n) is 48.0. The van der Waals surface area contributed by atoms with Crippen molar-refractivity contribution >= 4 is 26.1 Å². The Morgan fingerprint density at radius 1 is 0.716 bits per heavy atom. The lowest BCUT2D eigenvalue weighted by atomic mass is 9.99. The summed E-state index contributed by atoms with van der Waals surface area (Å²) in [7, 11) is -7.39. The maximum atomic E-state index is 13.5. The van der Waals surface area contributed by atoms with E-state index in [0.717, 1.165) is 144 Å². The Labute approximate surface area is 482 Å². The van der Waals surface area contributed by atoms with Crippen LogP contribution >= 0.6 is 0 Å². The molecule has 0 radical (unpaired) electrons. The molecule has 1 saturated heterocycles. The number of unbranched alkanes of at least 4 members (excludes halogenated alkanes) is 9. The Kier molecular flexibility index (Phi) is 27.6. The van der Waals surface area contributed by atoms with E-state index in [1.165, 1.54) is 17.2 Å². The lowest BCUT2D eigenvalue weighted by molar-refractivity contribution is -0.180. The number of nitrogens with zero attached hydrogens (tertiary/aromatic N) is 1. The van der Waals surface area contributed by atoms with Gasteiger partial charge in [0.05, 0.1) is 37.4 Å². The van der Waals surface area contributed by atoms with E-state index in [4.69, 9.17) is 28.8 Å². The van der Waals surface area contributed by atoms with Gasteiger partial charge in [-0.2, -0.15) is 0 Å². The maximum absolute atomic E-state index is 13.5. The number of phenols is 1. The Morgan fingerprint density at radius 2 is 1.35 bits per heavy atom. The van der Waals surface area contributed by atoms with Crippen LogP contribution in [0.1, 0.15) is 179 Å². The van der Waals surface area contributed by atoms with E-state index in [1.54, 1.807) is 17.0 Å². The molecule has 4 aromatic carbocycles. The molecule has 81 heavy (non-hydrogen) atoms. The third-order valence-corrected chi connectivity index (χ3v) is 17.2. The van der Waals surface area contributed by atoms with Crippen LogP contribution in [0.4, 0.5) is 4.79 Å². The molecule has 3 atom stereocenters. The van der Waals surface area contributed by atoms with Crippen molar-refractivity contribution in [2.24, 2.45) is 5.14 Å². The van der Waals surface area contributed by atoms with Crippen LogP contribution in [0.3, 0.4) is 0 Å². The summed E-state index contributed by atoms with van der Waals surface area (Å²) in [6.07, 6.45) is 14.7. The third kappa shape index (κ3) is 24.6. The Hall–Kier alpha value is -4.67. The summed E-state index contributed by atoms with van der Waals surface area (Å²) in [6, 6.07) is 26.5. The molecule has 450 valence electrons. The van der Waals surface area contributed by atoms with E-state index in [0.29, 0.717) is 69.8 Å². The number of rotatable bonds is 41. The Balaban J connectivity index is 0.789. The molecule has 2 aliphatic rings. The molecule has 1 fully saturated rings. The van der Waals surface area contributed by atoms with Crippen molar-refractivity contribution in [1.82, 2.24) is 14.9 Å². The molecule has 1 unspecified atom stereocenters. The number of aryl methyl sites for hydroxylation is 3. The summed E-state index contributed by atoms with van der Waals surface area (Å²) in [4.78, 5) is 14.4. The number of carbonyl (C=O) groups excluding carboxylic acids is 1. The van der Waals surface area contributed by atoms with Crippen LogP contribution in [-0.2, 0) is 71.5 Å². The molecule has 7 N–H and O–H groups in total. The first kappa shape index (κ1) is 65.5. The van der Waals surface area contributed by atoms with E-state index in [-0.39, 0.29) is 42.5 Å². The second kappa shape index (κ2) is 34.2. The predicted molar refractivity (Wildman–Crippen MR) is 316 cm³/mol. The van der Waals surface area contributed by atoms with Crippen molar-refractivity contribution < 1.29 is 60.6 Å². The van der Waals surface area contributed by atoms with Crippen molar-refractivity contribution in [3.63, 3.8) is 0 Å². The minimum absolute atomic E-state index is 0.0234. The van der Waals surface area contributed by atoms with Crippen molar-refractivity contribution in [2.75, 3.05) is 64.1 Å². The molecule has 6 rings (SSSR count). The van der Waals surface area contributed by atoms with Gasteiger partial charge in [0.25, 0.3) is 0 Å². The number of benzene rings is 4. The Bertz CT molecular complexity index is 2740. The van der Waals surface area contributed by atoms with E-state index in [1.807, 2.05) is 56.3 Å². The predicted octanol–water partition coefficient (Wildman–Crippen LogP) is 9.90. The Morgan fingerprint density at radius 3 is 2.02 bits per heavy atom. The molecule has 19 heteroatoms. The zero-order chi connectivity index (χ0) is 57.9. The van der Waals surface area contributed by atoms with Gasteiger partial charge in [-0.15, -0.1) is 0 Å². The van der Waals surface area contributed by atoms with Crippen LogP contribution in [0.15, 0.2) is 84.9 Å². The number of nitrogens with one attached hydrogen (secondary N) is 2. The number of nitrogens with two attached hydrogens (primary N) is 1. The molecule has 0 bridgehead atoms. The van der Waals surface area contributed by atoms with Gasteiger partial charge in [0.2, 0.25) is 25.8 Å². The van der Waals surface area contributed by atoms with Gasteiger partial charge in [0.1, 0.15) is 17.6 Å². The number of aliphatic hydroxyl groups is 2. The molecular formula is C62H92N4O13S2. The molecule has 0 aromatic heterocycles. The highest BCUT2D eigenvalue weighted by atomic mass is 32.2. The number of hydrogen-bond donors (Lipinski definition) is 6. The number of carbonyl (C=O) groups is 1. The second-order valence-corrected chi connectivity index (χ2v) is 25.8. The number of cyclic esters (lactones) is 1. The van der Waals surface area contributed by atoms with Crippen molar-refractivity contribution in [3.8, 4) is 11.5 Å². The van der Waals surface area contributed by atoms with Crippen molar-refractivity contribution in [1.29, 1.82) is 0 Å². The first-order chi connectivity index (χ1) is 39.0. The number of aliphatic hydroxyl groups excluding tert-OH is 2. The summed E-state index contributed by atoms with van der Waals surface area (Å²) in [5.74, 6) is -0.103. The number of ether oxygens (including phenoxy) is 5. The molecule has 0 spiro atoms. The molecule has 0 aliphatic carbocycles.